The van der Waals surface area contributed by atoms with Crippen LogP contribution in [0.5, 0.6) is 5.75 Å². The second-order valence-corrected chi connectivity index (χ2v) is 6.74. The molecule has 0 bridgehead atoms. The molecule has 7 nitrogen and oxygen atoms in total. The summed E-state index contributed by atoms with van der Waals surface area (Å²) in [6, 6.07) is 8.40. The van der Waals surface area contributed by atoms with Crippen LogP contribution in [0.4, 0.5) is 5.82 Å². The quantitative estimate of drug-likeness (QED) is 0.767. The number of rotatable bonds is 4. The molecule has 0 saturated carbocycles. The molecule has 2 N–H and O–H groups in total. The summed E-state index contributed by atoms with van der Waals surface area (Å²) in [5.74, 6) is 1.64. The summed E-state index contributed by atoms with van der Waals surface area (Å²) in [5, 5.41) is 13.7. The summed E-state index contributed by atoms with van der Waals surface area (Å²) in [6.07, 6.45) is 7.36. The second kappa shape index (κ2) is 7.25. The Balaban J connectivity index is 1.75. The van der Waals surface area contributed by atoms with E-state index in [0.29, 0.717) is 17.9 Å². The first-order valence-electron chi connectivity index (χ1n) is 9.21. The lowest BCUT2D eigenvalue weighted by molar-refractivity contribution is 0.338. The Labute approximate surface area is 158 Å². The minimum absolute atomic E-state index is 0.202. The van der Waals surface area contributed by atoms with Gasteiger partial charge in [-0.15, -0.1) is 0 Å². The molecule has 0 radical (unpaired) electrons. The molecule has 3 aromatic rings. The van der Waals surface area contributed by atoms with Gasteiger partial charge in [0.1, 0.15) is 17.6 Å². The predicted molar refractivity (Wildman–Crippen MR) is 104 cm³/mol. The zero-order valence-electron chi connectivity index (χ0n) is 15.3. The Morgan fingerprint density at radius 1 is 1.37 bits per heavy atom. The van der Waals surface area contributed by atoms with Crippen molar-refractivity contribution < 1.29 is 4.74 Å². The maximum Gasteiger partial charge on any atom is 0.138 e. The average Bonchev–Trinajstić information content (AvgIpc) is 3.11. The summed E-state index contributed by atoms with van der Waals surface area (Å²) in [4.78, 5) is 6.88. The Hall–Kier alpha value is -3.11. The van der Waals surface area contributed by atoms with Gasteiger partial charge in [-0.25, -0.2) is 9.50 Å². The van der Waals surface area contributed by atoms with E-state index in [1.54, 1.807) is 16.9 Å². The van der Waals surface area contributed by atoms with Crippen LogP contribution >= 0.6 is 0 Å². The van der Waals surface area contributed by atoms with Crippen molar-refractivity contribution in [2.45, 2.75) is 25.8 Å². The van der Waals surface area contributed by atoms with Crippen LogP contribution < -0.4 is 15.4 Å². The predicted octanol–water partition coefficient (Wildman–Crippen LogP) is 2.59. The van der Waals surface area contributed by atoms with Gasteiger partial charge in [0.05, 0.1) is 30.1 Å². The molecule has 1 aliphatic rings. The largest absolute Gasteiger partial charge is 0.492 e. The number of pyridine rings is 2. The van der Waals surface area contributed by atoms with Gasteiger partial charge in [0.25, 0.3) is 0 Å². The fraction of sp³-hybridized carbons (Fsp3) is 0.350. The SMILES string of the molecule is CCOc1cc(-c2ccc(N3CCC[C@H](N)C3)nc2)c2c(C#N)cnn2c1. The van der Waals surface area contributed by atoms with Crippen molar-refractivity contribution in [2.75, 3.05) is 24.6 Å². The first-order chi connectivity index (χ1) is 13.2. The van der Waals surface area contributed by atoms with Crippen molar-refractivity contribution >= 4 is 11.3 Å². The number of nitrogens with two attached hydrogens (primary N) is 1. The maximum atomic E-state index is 9.44. The van der Waals surface area contributed by atoms with Crippen LogP contribution in [-0.2, 0) is 0 Å². The van der Waals surface area contributed by atoms with Gasteiger partial charge in [-0.05, 0) is 38.0 Å². The molecule has 0 aliphatic carbocycles. The Kier molecular flexibility index (Phi) is 4.65. The molecule has 1 atom stereocenters. The van der Waals surface area contributed by atoms with Gasteiger partial charge in [-0.1, -0.05) is 0 Å². The zero-order valence-corrected chi connectivity index (χ0v) is 15.3. The van der Waals surface area contributed by atoms with Crippen LogP contribution in [0.2, 0.25) is 0 Å². The molecule has 1 fully saturated rings. The highest BCUT2D eigenvalue weighted by molar-refractivity contribution is 5.85. The van der Waals surface area contributed by atoms with Gasteiger partial charge in [0.15, 0.2) is 0 Å². The molecule has 1 saturated heterocycles. The van der Waals surface area contributed by atoms with Gasteiger partial charge < -0.3 is 15.4 Å². The molecule has 0 spiro atoms. The van der Waals surface area contributed by atoms with Crippen molar-refractivity contribution in [3.63, 3.8) is 0 Å². The highest BCUT2D eigenvalue weighted by atomic mass is 16.5. The maximum absolute atomic E-state index is 9.44. The van der Waals surface area contributed by atoms with Gasteiger partial charge in [-0.2, -0.15) is 10.4 Å². The third-order valence-corrected chi connectivity index (χ3v) is 4.86. The summed E-state index contributed by atoms with van der Waals surface area (Å²) in [5.41, 5.74) is 9.17. The Morgan fingerprint density at radius 2 is 2.26 bits per heavy atom. The van der Waals surface area contributed by atoms with Crippen LogP contribution in [0.25, 0.3) is 16.6 Å². The zero-order chi connectivity index (χ0) is 18.8. The number of aromatic nitrogens is 3. The number of piperidine rings is 1. The summed E-state index contributed by atoms with van der Waals surface area (Å²) >= 11 is 0. The first-order valence-corrected chi connectivity index (χ1v) is 9.21. The number of ether oxygens (including phenoxy) is 1. The van der Waals surface area contributed by atoms with Crippen molar-refractivity contribution in [1.29, 1.82) is 5.26 Å². The fourth-order valence-electron chi connectivity index (χ4n) is 3.59. The normalized spacial score (nSPS) is 17.1. The average molecular weight is 362 g/mol. The second-order valence-electron chi connectivity index (χ2n) is 6.74. The third-order valence-electron chi connectivity index (χ3n) is 4.86. The molecule has 3 aromatic heterocycles. The summed E-state index contributed by atoms with van der Waals surface area (Å²) in [7, 11) is 0. The topological polar surface area (TPSA) is 92.5 Å². The van der Waals surface area contributed by atoms with E-state index in [1.807, 2.05) is 31.3 Å². The van der Waals surface area contributed by atoms with E-state index in [-0.39, 0.29) is 6.04 Å². The molecule has 138 valence electrons. The van der Waals surface area contributed by atoms with E-state index in [4.69, 9.17) is 10.5 Å². The molecule has 4 rings (SSSR count). The fourth-order valence-corrected chi connectivity index (χ4v) is 3.59. The first kappa shape index (κ1) is 17.3. The van der Waals surface area contributed by atoms with Crippen LogP contribution in [0.3, 0.4) is 0 Å². The molecule has 0 unspecified atom stereocenters. The lowest BCUT2D eigenvalue weighted by Crippen LogP contribution is -2.43. The molecule has 0 aromatic carbocycles. The Morgan fingerprint density at radius 3 is 2.96 bits per heavy atom. The molecule has 7 heteroatoms. The van der Waals surface area contributed by atoms with Crippen molar-refractivity contribution in [2.24, 2.45) is 5.73 Å². The van der Waals surface area contributed by atoms with Crippen LogP contribution in [0, 0.1) is 11.3 Å². The monoisotopic (exact) mass is 362 g/mol. The van der Waals surface area contributed by atoms with E-state index in [1.165, 1.54) is 0 Å². The van der Waals surface area contributed by atoms with Gasteiger partial charge in [0.2, 0.25) is 0 Å². The molecule has 0 amide bonds. The molecule has 4 heterocycles. The number of nitriles is 1. The van der Waals surface area contributed by atoms with Crippen molar-refractivity contribution in [3.8, 4) is 22.9 Å². The lowest BCUT2D eigenvalue weighted by Gasteiger charge is -2.31. The number of nitrogens with zero attached hydrogens (tertiary/aromatic N) is 5. The molecular formula is C20H22N6O. The van der Waals surface area contributed by atoms with Gasteiger partial charge in [-0.3, -0.25) is 0 Å². The number of anilines is 1. The van der Waals surface area contributed by atoms with E-state index in [9.17, 15) is 5.26 Å². The highest BCUT2D eigenvalue weighted by Gasteiger charge is 2.18. The van der Waals surface area contributed by atoms with E-state index in [0.717, 1.165) is 48.4 Å². The molecular weight excluding hydrogens is 340 g/mol. The minimum atomic E-state index is 0.202. The van der Waals surface area contributed by atoms with E-state index in [2.05, 4.69) is 21.1 Å². The smallest absolute Gasteiger partial charge is 0.138 e. The van der Waals surface area contributed by atoms with Crippen LogP contribution in [-0.4, -0.2) is 40.3 Å². The number of fused-ring (bicyclic) bond motifs is 1. The Bertz CT molecular complexity index is 988. The highest BCUT2D eigenvalue weighted by Crippen LogP contribution is 2.31. The molecule has 1 aliphatic heterocycles. The lowest BCUT2D eigenvalue weighted by atomic mass is 10.0. The van der Waals surface area contributed by atoms with Crippen LogP contribution in [0.1, 0.15) is 25.3 Å². The van der Waals surface area contributed by atoms with Crippen molar-refractivity contribution in [3.05, 3.63) is 42.4 Å². The minimum Gasteiger partial charge on any atom is -0.492 e. The third kappa shape index (κ3) is 3.32. The summed E-state index contributed by atoms with van der Waals surface area (Å²) < 4.78 is 7.35. The van der Waals surface area contributed by atoms with Gasteiger partial charge in [0, 0.05) is 36.5 Å². The standard InChI is InChI=1S/C20H22N6O/c1-2-27-17-8-18(20-15(9-21)11-24-26(20)13-17)14-5-6-19(23-10-14)25-7-3-4-16(22)12-25/h5-6,8,10-11,13,16H,2-4,7,12,22H2,1H3/t16-/m0/s1. The van der Waals surface area contributed by atoms with Crippen LogP contribution in [0.15, 0.2) is 36.8 Å². The van der Waals surface area contributed by atoms with Crippen molar-refractivity contribution in [1.82, 2.24) is 14.6 Å². The molecule has 27 heavy (non-hydrogen) atoms. The number of hydrogen-bond donors (Lipinski definition) is 1. The van der Waals surface area contributed by atoms with Gasteiger partial charge >= 0.3 is 0 Å². The number of hydrogen-bond acceptors (Lipinski definition) is 6. The summed E-state index contributed by atoms with van der Waals surface area (Å²) in [6.45, 7) is 4.31. The van der Waals surface area contributed by atoms with E-state index < -0.39 is 0 Å². The van der Waals surface area contributed by atoms with E-state index >= 15 is 0 Å².